The number of carbonyl (C=O) groups excluding carboxylic acids is 1. The third-order valence-corrected chi connectivity index (χ3v) is 4.71. The number of likely N-dealkylation sites (tertiary alicyclic amines) is 1. The summed E-state index contributed by atoms with van der Waals surface area (Å²) in [5, 5.41) is 0. The Balaban J connectivity index is 1.76. The first-order chi connectivity index (χ1) is 9.25. The van der Waals surface area contributed by atoms with E-state index in [0.717, 1.165) is 25.8 Å². The Morgan fingerprint density at radius 2 is 2.11 bits per heavy atom. The molecule has 2 atom stereocenters. The standard InChI is InChI=1S/C16H22N2O/c17-16(19)18-10-4-8-14(18)11-13-7-3-6-12-5-1-2-9-15(12)13/h1-2,5,9,13-14H,3-4,6-8,10-11H2,(H2,17,19)/t13-,14-/m1/s1. The summed E-state index contributed by atoms with van der Waals surface area (Å²) in [4.78, 5) is 13.3. The Hall–Kier alpha value is -1.51. The van der Waals surface area contributed by atoms with Gasteiger partial charge in [0.05, 0.1) is 0 Å². The fourth-order valence-corrected chi connectivity index (χ4v) is 3.80. The van der Waals surface area contributed by atoms with Gasteiger partial charge in [-0.25, -0.2) is 4.79 Å². The number of hydrogen-bond acceptors (Lipinski definition) is 1. The Kier molecular flexibility index (Phi) is 3.45. The molecule has 3 rings (SSSR count). The van der Waals surface area contributed by atoms with Crippen LogP contribution >= 0.6 is 0 Å². The summed E-state index contributed by atoms with van der Waals surface area (Å²) in [5.74, 6) is 0.606. The lowest BCUT2D eigenvalue weighted by Gasteiger charge is -2.31. The van der Waals surface area contributed by atoms with Crippen molar-refractivity contribution in [3.8, 4) is 0 Å². The number of fused-ring (bicyclic) bond motifs is 1. The average molecular weight is 258 g/mol. The average Bonchev–Trinajstić information content (AvgIpc) is 2.87. The molecule has 0 spiro atoms. The first-order valence-corrected chi connectivity index (χ1v) is 7.39. The zero-order valence-corrected chi connectivity index (χ0v) is 11.3. The molecule has 0 bridgehead atoms. The Morgan fingerprint density at radius 1 is 1.26 bits per heavy atom. The van der Waals surface area contributed by atoms with Crippen LogP contribution in [0.4, 0.5) is 4.79 Å². The SMILES string of the molecule is NC(=O)N1CCC[C@@H]1C[C@H]1CCCc2ccccc21. The van der Waals surface area contributed by atoms with Gasteiger partial charge < -0.3 is 10.6 Å². The lowest BCUT2D eigenvalue weighted by Crippen LogP contribution is -2.40. The molecule has 1 aliphatic carbocycles. The van der Waals surface area contributed by atoms with Crippen LogP contribution in [0.5, 0.6) is 0 Å². The van der Waals surface area contributed by atoms with Crippen molar-refractivity contribution in [1.29, 1.82) is 0 Å². The molecule has 2 aliphatic rings. The number of aryl methyl sites for hydroxylation is 1. The zero-order valence-electron chi connectivity index (χ0n) is 11.3. The van der Waals surface area contributed by atoms with Gasteiger partial charge in [0.25, 0.3) is 0 Å². The summed E-state index contributed by atoms with van der Waals surface area (Å²) in [5.41, 5.74) is 8.48. The topological polar surface area (TPSA) is 46.3 Å². The van der Waals surface area contributed by atoms with Gasteiger partial charge in [-0.15, -0.1) is 0 Å². The molecule has 1 aliphatic heterocycles. The first-order valence-electron chi connectivity index (χ1n) is 7.39. The summed E-state index contributed by atoms with van der Waals surface area (Å²) < 4.78 is 0. The van der Waals surface area contributed by atoms with Gasteiger partial charge in [-0.2, -0.15) is 0 Å². The number of nitrogens with two attached hydrogens (primary N) is 1. The van der Waals surface area contributed by atoms with Crippen LogP contribution in [0.15, 0.2) is 24.3 Å². The van der Waals surface area contributed by atoms with Crippen molar-refractivity contribution in [2.75, 3.05) is 6.54 Å². The number of carbonyl (C=O) groups is 1. The molecule has 3 heteroatoms. The van der Waals surface area contributed by atoms with Crippen LogP contribution in [-0.2, 0) is 6.42 Å². The quantitative estimate of drug-likeness (QED) is 0.870. The van der Waals surface area contributed by atoms with Crippen LogP contribution in [0.3, 0.4) is 0 Å². The Bertz CT molecular complexity index is 472. The zero-order chi connectivity index (χ0) is 13.2. The van der Waals surface area contributed by atoms with E-state index in [0.29, 0.717) is 12.0 Å². The molecule has 1 aromatic carbocycles. The second kappa shape index (κ2) is 5.24. The third-order valence-electron chi connectivity index (χ3n) is 4.71. The van der Waals surface area contributed by atoms with Crippen molar-refractivity contribution >= 4 is 6.03 Å². The van der Waals surface area contributed by atoms with E-state index >= 15 is 0 Å². The van der Waals surface area contributed by atoms with Crippen molar-refractivity contribution in [3.63, 3.8) is 0 Å². The first kappa shape index (κ1) is 12.5. The molecule has 0 unspecified atom stereocenters. The van der Waals surface area contributed by atoms with E-state index in [1.807, 2.05) is 4.90 Å². The van der Waals surface area contributed by atoms with Crippen LogP contribution in [0.25, 0.3) is 0 Å². The van der Waals surface area contributed by atoms with Crippen LogP contribution in [0.2, 0.25) is 0 Å². The highest BCUT2D eigenvalue weighted by Crippen LogP contribution is 2.37. The predicted molar refractivity (Wildman–Crippen MR) is 76.0 cm³/mol. The van der Waals surface area contributed by atoms with E-state index < -0.39 is 0 Å². The summed E-state index contributed by atoms with van der Waals surface area (Å²) in [7, 11) is 0. The van der Waals surface area contributed by atoms with Gasteiger partial charge in [0, 0.05) is 12.6 Å². The molecule has 3 nitrogen and oxygen atoms in total. The molecule has 1 saturated heterocycles. The van der Waals surface area contributed by atoms with Crippen LogP contribution in [-0.4, -0.2) is 23.5 Å². The summed E-state index contributed by atoms with van der Waals surface area (Å²) in [6.07, 6.45) is 7.02. The molecule has 102 valence electrons. The molecular weight excluding hydrogens is 236 g/mol. The molecular formula is C16H22N2O. The fourth-order valence-electron chi connectivity index (χ4n) is 3.80. The minimum atomic E-state index is -0.244. The van der Waals surface area contributed by atoms with Gasteiger partial charge in [-0.3, -0.25) is 0 Å². The lowest BCUT2D eigenvalue weighted by molar-refractivity contribution is 0.196. The Morgan fingerprint density at radius 3 is 2.95 bits per heavy atom. The molecule has 1 fully saturated rings. The molecule has 0 aromatic heterocycles. The minimum absolute atomic E-state index is 0.244. The molecule has 1 aromatic rings. The van der Waals surface area contributed by atoms with Gasteiger partial charge in [0.2, 0.25) is 0 Å². The van der Waals surface area contributed by atoms with Gasteiger partial charge in [-0.1, -0.05) is 24.3 Å². The maximum atomic E-state index is 11.4. The van der Waals surface area contributed by atoms with Gasteiger partial charge in [-0.05, 0) is 55.6 Å². The fraction of sp³-hybridized carbons (Fsp3) is 0.562. The van der Waals surface area contributed by atoms with Crippen LogP contribution in [0, 0.1) is 0 Å². The monoisotopic (exact) mass is 258 g/mol. The van der Waals surface area contributed by atoms with Crippen molar-refractivity contribution < 1.29 is 4.79 Å². The number of primary amides is 1. The van der Waals surface area contributed by atoms with E-state index in [4.69, 9.17) is 5.73 Å². The number of benzene rings is 1. The smallest absolute Gasteiger partial charge is 0.315 e. The van der Waals surface area contributed by atoms with Gasteiger partial charge in [0.15, 0.2) is 0 Å². The lowest BCUT2D eigenvalue weighted by atomic mass is 9.79. The maximum Gasteiger partial charge on any atom is 0.315 e. The second-order valence-corrected chi connectivity index (χ2v) is 5.85. The highest BCUT2D eigenvalue weighted by Gasteiger charge is 2.31. The van der Waals surface area contributed by atoms with E-state index in [9.17, 15) is 4.79 Å². The predicted octanol–water partition coefficient (Wildman–Crippen LogP) is 3.04. The number of hydrogen-bond donors (Lipinski definition) is 1. The molecule has 19 heavy (non-hydrogen) atoms. The molecule has 1 heterocycles. The summed E-state index contributed by atoms with van der Waals surface area (Å²) in [6, 6.07) is 8.90. The highest BCUT2D eigenvalue weighted by molar-refractivity contribution is 5.72. The van der Waals surface area contributed by atoms with Crippen LogP contribution < -0.4 is 5.73 Å². The van der Waals surface area contributed by atoms with Gasteiger partial charge >= 0.3 is 6.03 Å². The molecule has 0 saturated carbocycles. The van der Waals surface area contributed by atoms with Crippen molar-refractivity contribution in [2.24, 2.45) is 5.73 Å². The third kappa shape index (κ3) is 2.46. The van der Waals surface area contributed by atoms with Crippen molar-refractivity contribution in [3.05, 3.63) is 35.4 Å². The van der Waals surface area contributed by atoms with Gasteiger partial charge in [0.1, 0.15) is 0 Å². The van der Waals surface area contributed by atoms with Crippen molar-refractivity contribution in [2.45, 2.75) is 50.5 Å². The highest BCUT2D eigenvalue weighted by atomic mass is 16.2. The molecule has 2 N–H and O–H groups in total. The normalized spacial score (nSPS) is 26.2. The largest absolute Gasteiger partial charge is 0.351 e. The van der Waals surface area contributed by atoms with E-state index in [1.54, 1.807) is 0 Å². The van der Waals surface area contributed by atoms with Crippen molar-refractivity contribution in [1.82, 2.24) is 4.90 Å². The number of rotatable bonds is 2. The number of nitrogens with zero attached hydrogens (tertiary/aromatic N) is 1. The maximum absolute atomic E-state index is 11.4. The molecule has 0 radical (unpaired) electrons. The minimum Gasteiger partial charge on any atom is -0.351 e. The van der Waals surface area contributed by atoms with E-state index in [-0.39, 0.29) is 6.03 Å². The van der Waals surface area contributed by atoms with E-state index in [1.165, 1.54) is 30.4 Å². The number of amides is 2. The summed E-state index contributed by atoms with van der Waals surface area (Å²) >= 11 is 0. The number of urea groups is 1. The second-order valence-electron chi connectivity index (χ2n) is 5.85. The van der Waals surface area contributed by atoms with E-state index in [2.05, 4.69) is 24.3 Å². The Labute approximate surface area is 114 Å². The summed E-state index contributed by atoms with van der Waals surface area (Å²) in [6.45, 7) is 0.842. The molecule has 2 amide bonds. The van der Waals surface area contributed by atoms with Crippen LogP contribution in [0.1, 0.15) is 49.1 Å².